The van der Waals surface area contributed by atoms with Crippen LogP contribution < -0.4 is 10.2 Å². The van der Waals surface area contributed by atoms with Crippen LogP contribution >= 0.6 is 0 Å². The highest BCUT2D eigenvalue weighted by atomic mass is 16.5. The first-order valence-electron chi connectivity index (χ1n) is 8.05. The molecule has 1 heterocycles. The fourth-order valence-electron chi connectivity index (χ4n) is 2.72. The van der Waals surface area contributed by atoms with Crippen LogP contribution in [0.15, 0.2) is 63.5 Å². The number of rotatable bonds is 4. The zero-order valence-electron chi connectivity index (χ0n) is 14.5. The molecule has 25 heavy (non-hydrogen) atoms. The zero-order valence-corrected chi connectivity index (χ0v) is 14.5. The van der Waals surface area contributed by atoms with Crippen molar-refractivity contribution < 1.29 is 14.3 Å². The molecule has 3 rings (SSSR count). The second-order valence-electron chi connectivity index (χ2n) is 6.13. The van der Waals surface area contributed by atoms with E-state index in [0.29, 0.717) is 28.5 Å². The Morgan fingerprint density at radius 3 is 2.52 bits per heavy atom. The Balaban J connectivity index is 2.16. The molecular formula is C21H20O4. The molecule has 4 nitrogen and oxygen atoms in total. The van der Waals surface area contributed by atoms with Gasteiger partial charge < -0.3 is 14.3 Å². The Kier molecular flexibility index (Phi) is 4.61. The number of hydrogen-bond donors (Lipinski definition) is 1. The number of ether oxygens (including phenoxy) is 1. The molecule has 0 atom stereocenters. The van der Waals surface area contributed by atoms with Gasteiger partial charge in [0, 0.05) is 5.56 Å². The van der Waals surface area contributed by atoms with E-state index in [4.69, 9.17) is 9.15 Å². The van der Waals surface area contributed by atoms with E-state index in [-0.39, 0.29) is 11.2 Å². The van der Waals surface area contributed by atoms with Crippen molar-refractivity contribution >= 4 is 11.0 Å². The van der Waals surface area contributed by atoms with E-state index >= 15 is 0 Å². The van der Waals surface area contributed by atoms with Crippen LogP contribution in [0.1, 0.15) is 19.4 Å². The number of allylic oxidation sites excluding steroid dienone is 2. The number of benzene rings is 2. The Hall–Kier alpha value is -3.01. The third-order valence-corrected chi connectivity index (χ3v) is 4.14. The molecule has 0 bridgehead atoms. The van der Waals surface area contributed by atoms with E-state index in [1.807, 2.05) is 32.1 Å². The predicted octanol–water partition coefficient (Wildman–Crippen LogP) is 4.68. The summed E-state index contributed by atoms with van der Waals surface area (Å²) < 4.78 is 10.9. The number of aromatic hydroxyl groups is 1. The average molecular weight is 336 g/mol. The summed E-state index contributed by atoms with van der Waals surface area (Å²) in [6, 6.07) is 10.4. The van der Waals surface area contributed by atoms with Crippen molar-refractivity contribution in [3.8, 4) is 22.6 Å². The van der Waals surface area contributed by atoms with Crippen molar-refractivity contribution in [3.05, 3.63) is 70.1 Å². The molecule has 3 aromatic rings. The topological polar surface area (TPSA) is 59.7 Å². The minimum atomic E-state index is -0.120. The Bertz CT molecular complexity index is 991. The van der Waals surface area contributed by atoms with Gasteiger partial charge in [0.2, 0.25) is 5.43 Å². The van der Waals surface area contributed by atoms with Crippen molar-refractivity contribution in [2.45, 2.75) is 20.3 Å². The second kappa shape index (κ2) is 6.85. The molecule has 1 aromatic heterocycles. The largest absolute Gasteiger partial charge is 0.508 e. The van der Waals surface area contributed by atoms with Crippen LogP contribution in [0, 0.1) is 0 Å². The smallest absolute Gasteiger partial charge is 0.200 e. The van der Waals surface area contributed by atoms with E-state index in [0.717, 1.165) is 16.9 Å². The normalized spacial score (nSPS) is 10.7. The first-order valence-corrected chi connectivity index (χ1v) is 8.05. The van der Waals surface area contributed by atoms with Gasteiger partial charge in [-0.1, -0.05) is 23.8 Å². The molecule has 0 fully saturated rings. The zero-order chi connectivity index (χ0) is 18.0. The fourth-order valence-corrected chi connectivity index (χ4v) is 2.72. The lowest BCUT2D eigenvalue weighted by Gasteiger charge is -2.08. The third-order valence-electron chi connectivity index (χ3n) is 4.14. The average Bonchev–Trinajstić information content (AvgIpc) is 2.61. The molecule has 0 saturated heterocycles. The third kappa shape index (κ3) is 3.29. The van der Waals surface area contributed by atoms with Crippen LogP contribution in [0.5, 0.6) is 11.5 Å². The highest BCUT2D eigenvalue weighted by Gasteiger charge is 2.14. The van der Waals surface area contributed by atoms with Gasteiger partial charge in [-0.15, -0.1) is 0 Å². The molecule has 4 heteroatoms. The van der Waals surface area contributed by atoms with Crippen LogP contribution in [-0.2, 0) is 6.42 Å². The summed E-state index contributed by atoms with van der Waals surface area (Å²) in [6.45, 7) is 3.97. The van der Waals surface area contributed by atoms with Gasteiger partial charge in [0.1, 0.15) is 23.3 Å². The molecule has 0 aliphatic rings. The van der Waals surface area contributed by atoms with Gasteiger partial charge in [-0.05, 0) is 50.1 Å². The van der Waals surface area contributed by atoms with Crippen LogP contribution in [0.25, 0.3) is 22.1 Å². The van der Waals surface area contributed by atoms with Gasteiger partial charge in [-0.3, -0.25) is 4.79 Å². The van der Waals surface area contributed by atoms with Crippen molar-refractivity contribution in [3.63, 3.8) is 0 Å². The lowest BCUT2D eigenvalue weighted by atomic mass is 10.0. The van der Waals surface area contributed by atoms with Crippen molar-refractivity contribution in [1.82, 2.24) is 0 Å². The van der Waals surface area contributed by atoms with E-state index in [1.165, 1.54) is 6.26 Å². The molecule has 128 valence electrons. The Labute approximate surface area is 146 Å². The molecule has 1 N–H and O–H groups in total. The van der Waals surface area contributed by atoms with Crippen LogP contribution in [0.2, 0.25) is 0 Å². The maximum atomic E-state index is 12.9. The maximum Gasteiger partial charge on any atom is 0.200 e. The van der Waals surface area contributed by atoms with Crippen LogP contribution in [-0.4, -0.2) is 12.2 Å². The Morgan fingerprint density at radius 1 is 1.16 bits per heavy atom. The first-order chi connectivity index (χ1) is 12.0. The quantitative estimate of drug-likeness (QED) is 0.703. The van der Waals surface area contributed by atoms with Crippen molar-refractivity contribution in [2.75, 3.05) is 7.11 Å². The molecule has 0 amide bonds. The molecule has 0 spiro atoms. The van der Waals surface area contributed by atoms with Gasteiger partial charge in [-0.25, -0.2) is 0 Å². The molecule has 0 radical (unpaired) electrons. The van der Waals surface area contributed by atoms with Gasteiger partial charge in [0.25, 0.3) is 0 Å². The fraction of sp³-hybridized carbons (Fsp3) is 0.190. The number of phenolic OH excluding ortho intramolecular Hbond substituents is 1. The van der Waals surface area contributed by atoms with E-state index in [1.54, 1.807) is 31.4 Å². The SMILES string of the molecule is COc1ccc(-c2coc3c(CC=C(C)C)c(O)ccc3c2=O)cc1. The summed E-state index contributed by atoms with van der Waals surface area (Å²) in [5.74, 6) is 0.855. The summed E-state index contributed by atoms with van der Waals surface area (Å²) in [7, 11) is 1.60. The van der Waals surface area contributed by atoms with E-state index in [9.17, 15) is 9.90 Å². The van der Waals surface area contributed by atoms with Gasteiger partial charge in [0.15, 0.2) is 0 Å². The summed E-state index contributed by atoms with van der Waals surface area (Å²) >= 11 is 0. The minimum Gasteiger partial charge on any atom is -0.508 e. The summed E-state index contributed by atoms with van der Waals surface area (Å²) in [4.78, 5) is 12.9. The number of methoxy groups -OCH3 is 1. The van der Waals surface area contributed by atoms with Crippen LogP contribution in [0.4, 0.5) is 0 Å². The molecule has 2 aromatic carbocycles. The predicted molar refractivity (Wildman–Crippen MR) is 99.3 cm³/mol. The summed E-state index contributed by atoms with van der Waals surface area (Å²) in [5, 5.41) is 10.6. The lowest BCUT2D eigenvalue weighted by Crippen LogP contribution is -2.06. The summed E-state index contributed by atoms with van der Waals surface area (Å²) in [6.07, 6.45) is 3.96. The first kappa shape index (κ1) is 16.8. The lowest BCUT2D eigenvalue weighted by molar-refractivity contribution is 0.415. The van der Waals surface area contributed by atoms with Gasteiger partial charge in [0.05, 0.1) is 18.1 Å². The Morgan fingerprint density at radius 2 is 1.88 bits per heavy atom. The molecule has 0 aliphatic carbocycles. The highest BCUT2D eigenvalue weighted by molar-refractivity contribution is 5.85. The van der Waals surface area contributed by atoms with Crippen molar-refractivity contribution in [1.29, 1.82) is 0 Å². The summed E-state index contributed by atoms with van der Waals surface area (Å²) in [5.41, 5.74) is 3.31. The van der Waals surface area contributed by atoms with Gasteiger partial charge >= 0.3 is 0 Å². The second-order valence-corrected chi connectivity index (χ2v) is 6.13. The molecule has 0 unspecified atom stereocenters. The van der Waals surface area contributed by atoms with E-state index in [2.05, 4.69) is 0 Å². The highest BCUT2D eigenvalue weighted by Crippen LogP contribution is 2.29. The van der Waals surface area contributed by atoms with Crippen LogP contribution in [0.3, 0.4) is 0 Å². The minimum absolute atomic E-state index is 0.120. The molecule has 0 saturated carbocycles. The van der Waals surface area contributed by atoms with Gasteiger partial charge in [-0.2, -0.15) is 0 Å². The monoisotopic (exact) mass is 336 g/mol. The maximum absolute atomic E-state index is 12.9. The van der Waals surface area contributed by atoms with E-state index < -0.39 is 0 Å². The molecule has 0 aliphatic heterocycles. The standard InChI is InChI=1S/C21H20O4/c1-13(2)4-9-16-19(22)11-10-17-20(23)18(12-25-21(16)17)14-5-7-15(24-3)8-6-14/h4-8,10-12,22H,9H2,1-3H3. The number of hydrogen-bond acceptors (Lipinski definition) is 4. The number of phenols is 1. The molecular weight excluding hydrogens is 316 g/mol. The van der Waals surface area contributed by atoms with Crippen molar-refractivity contribution in [2.24, 2.45) is 0 Å². The number of fused-ring (bicyclic) bond motifs is 1.